The molecule has 1 atom stereocenters. The molecule has 0 spiro atoms. The summed E-state index contributed by atoms with van der Waals surface area (Å²) in [6, 6.07) is 5.95. The maximum atomic E-state index is 12.7. The van der Waals surface area contributed by atoms with E-state index in [1.54, 1.807) is 12.1 Å². The van der Waals surface area contributed by atoms with Crippen LogP contribution in [0.1, 0.15) is 5.56 Å². The lowest BCUT2D eigenvalue weighted by atomic mass is 10.2. The Bertz CT molecular complexity index is 275. The summed E-state index contributed by atoms with van der Waals surface area (Å²) in [7, 11) is -2.28. The summed E-state index contributed by atoms with van der Waals surface area (Å²) in [6.45, 7) is 0. The summed E-state index contributed by atoms with van der Waals surface area (Å²) in [4.78, 5) is 8.47. The first kappa shape index (κ1) is 8.31. The SMILES string of the molecule is O=[P](O)Cc1ccccc1F. The Hall–Kier alpha value is -0.790. The van der Waals surface area contributed by atoms with Crippen molar-refractivity contribution in [3.8, 4) is 0 Å². The van der Waals surface area contributed by atoms with E-state index in [0.29, 0.717) is 0 Å². The summed E-state index contributed by atoms with van der Waals surface area (Å²) < 4.78 is 23.0. The highest BCUT2D eigenvalue weighted by atomic mass is 31.1. The van der Waals surface area contributed by atoms with Crippen molar-refractivity contribution in [3.05, 3.63) is 35.6 Å². The Kier molecular flexibility index (Phi) is 2.69. The fourth-order valence-electron chi connectivity index (χ4n) is 0.772. The maximum absolute atomic E-state index is 12.7. The molecule has 0 aliphatic carbocycles. The molecule has 0 bridgehead atoms. The van der Waals surface area contributed by atoms with Crippen molar-refractivity contribution in [2.75, 3.05) is 0 Å². The highest BCUT2D eigenvalue weighted by Crippen LogP contribution is 2.22. The van der Waals surface area contributed by atoms with Crippen LogP contribution in [0.2, 0.25) is 0 Å². The van der Waals surface area contributed by atoms with Gasteiger partial charge in [0.1, 0.15) is 5.82 Å². The second-order valence-corrected chi connectivity index (χ2v) is 3.12. The van der Waals surface area contributed by atoms with E-state index in [0.717, 1.165) is 0 Å². The third kappa shape index (κ3) is 2.37. The number of hydrogen-bond acceptors (Lipinski definition) is 1. The fourth-order valence-corrected chi connectivity index (χ4v) is 1.32. The highest BCUT2D eigenvalue weighted by Gasteiger charge is 2.02. The number of benzene rings is 1. The minimum absolute atomic E-state index is 0.109. The molecule has 1 N–H and O–H groups in total. The van der Waals surface area contributed by atoms with Gasteiger partial charge in [-0.25, -0.2) is 4.39 Å². The summed E-state index contributed by atoms with van der Waals surface area (Å²) in [5.74, 6) is -0.426. The highest BCUT2D eigenvalue weighted by molar-refractivity contribution is 7.37. The molecule has 1 unspecified atom stereocenters. The quantitative estimate of drug-likeness (QED) is 0.695. The molecule has 0 saturated carbocycles. The Morgan fingerprint density at radius 2 is 2.09 bits per heavy atom. The van der Waals surface area contributed by atoms with Gasteiger partial charge in [-0.3, -0.25) is 4.57 Å². The minimum atomic E-state index is -2.28. The molecule has 0 aromatic heterocycles. The fraction of sp³-hybridized carbons (Fsp3) is 0.143. The van der Waals surface area contributed by atoms with E-state index in [2.05, 4.69) is 0 Å². The number of rotatable bonds is 2. The average Bonchev–Trinajstić information content (AvgIpc) is 1.93. The smallest absolute Gasteiger partial charge is 0.214 e. The van der Waals surface area contributed by atoms with E-state index in [1.807, 2.05) is 0 Å². The molecule has 4 heteroatoms. The Labute approximate surface area is 64.5 Å². The first-order valence-corrected chi connectivity index (χ1v) is 4.47. The van der Waals surface area contributed by atoms with Crippen molar-refractivity contribution < 1.29 is 13.8 Å². The molecule has 2 nitrogen and oxygen atoms in total. The second kappa shape index (κ2) is 3.56. The van der Waals surface area contributed by atoms with Crippen molar-refractivity contribution in [2.24, 2.45) is 0 Å². The van der Waals surface area contributed by atoms with Crippen LogP contribution in [0.15, 0.2) is 24.3 Å². The summed E-state index contributed by atoms with van der Waals surface area (Å²) in [5.41, 5.74) is 0.288. The molecule has 0 fully saturated rings. The van der Waals surface area contributed by atoms with Gasteiger partial charge in [0.25, 0.3) is 0 Å². The van der Waals surface area contributed by atoms with Gasteiger partial charge in [-0.1, -0.05) is 18.2 Å². The van der Waals surface area contributed by atoms with Crippen LogP contribution in [-0.2, 0) is 10.7 Å². The Morgan fingerprint density at radius 1 is 1.45 bits per heavy atom. The lowest BCUT2D eigenvalue weighted by Crippen LogP contribution is -1.84. The third-order valence-corrected chi connectivity index (χ3v) is 1.87. The predicted molar refractivity (Wildman–Crippen MR) is 39.9 cm³/mol. The zero-order valence-corrected chi connectivity index (χ0v) is 6.59. The summed E-state index contributed by atoms with van der Waals surface area (Å²) in [5, 5.41) is 0. The van der Waals surface area contributed by atoms with Crippen molar-refractivity contribution >= 4 is 8.03 Å². The van der Waals surface area contributed by atoms with Crippen LogP contribution in [0.25, 0.3) is 0 Å². The number of hydrogen-bond donors (Lipinski definition) is 1. The standard InChI is InChI=1S/C7H7FO2P/c8-7-4-2-1-3-6(7)5-11(9)10/h1-4H,5H2,(H,9,10). The van der Waals surface area contributed by atoms with E-state index < -0.39 is 13.8 Å². The predicted octanol–water partition coefficient (Wildman–Crippen LogP) is 2.06. The van der Waals surface area contributed by atoms with Gasteiger partial charge in [0.2, 0.25) is 8.03 Å². The van der Waals surface area contributed by atoms with Gasteiger partial charge < -0.3 is 4.89 Å². The molecular formula is C7H7FO2P. The molecule has 11 heavy (non-hydrogen) atoms. The lowest BCUT2D eigenvalue weighted by molar-refractivity contribution is 0.500. The monoisotopic (exact) mass is 173 g/mol. The Morgan fingerprint density at radius 3 is 2.64 bits per heavy atom. The van der Waals surface area contributed by atoms with E-state index in [9.17, 15) is 8.96 Å². The van der Waals surface area contributed by atoms with Crippen molar-refractivity contribution in [1.82, 2.24) is 0 Å². The zero-order chi connectivity index (χ0) is 8.27. The van der Waals surface area contributed by atoms with Crippen LogP contribution in [0.5, 0.6) is 0 Å². The van der Waals surface area contributed by atoms with Crippen LogP contribution < -0.4 is 0 Å². The normalized spacial score (nSPS) is 11.3. The lowest BCUT2D eigenvalue weighted by Gasteiger charge is -1.96. The molecule has 1 aromatic rings. The largest absolute Gasteiger partial charge is 0.319 e. The average molecular weight is 173 g/mol. The molecular weight excluding hydrogens is 166 g/mol. The molecule has 0 aliphatic heterocycles. The van der Waals surface area contributed by atoms with E-state index in [1.165, 1.54) is 12.1 Å². The van der Waals surface area contributed by atoms with Gasteiger partial charge in [-0.05, 0) is 6.07 Å². The van der Waals surface area contributed by atoms with Crippen LogP contribution in [0, 0.1) is 5.82 Å². The van der Waals surface area contributed by atoms with Crippen molar-refractivity contribution in [2.45, 2.75) is 6.16 Å². The molecule has 59 valence electrons. The minimum Gasteiger partial charge on any atom is -0.319 e. The van der Waals surface area contributed by atoms with E-state index in [4.69, 9.17) is 4.89 Å². The van der Waals surface area contributed by atoms with Crippen LogP contribution in [-0.4, -0.2) is 4.89 Å². The Balaban J connectivity index is 2.86. The van der Waals surface area contributed by atoms with Crippen molar-refractivity contribution in [1.29, 1.82) is 0 Å². The van der Waals surface area contributed by atoms with Gasteiger partial charge in [0, 0.05) is 5.56 Å². The molecule has 1 radical (unpaired) electrons. The first-order chi connectivity index (χ1) is 5.20. The van der Waals surface area contributed by atoms with E-state index in [-0.39, 0.29) is 11.7 Å². The van der Waals surface area contributed by atoms with Gasteiger partial charge in [-0.2, -0.15) is 0 Å². The molecule has 0 heterocycles. The van der Waals surface area contributed by atoms with E-state index >= 15 is 0 Å². The summed E-state index contributed by atoms with van der Waals surface area (Å²) in [6.07, 6.45) is -0.109. The van der Waals surface area contributed by atoms with Gasteiger partial charge in [0.15, 0.2) is 0 Å². The first-order valence-electron chi connectivity index (χ1n) is 3.07. The van der Waals surface area contributed by atoms with Crippen LogP contribution in [0.4, 0.5) is 4.39 Å². The topological polar surface area (TPSA) is 37.3 Å². The summed E-state index contributed by atoms with van der Waals surface area (Å²) >= 11 is 0. The molecule has 0 aliphatic rings. The van der Waals surface area contributed by atoms with Gasteiger partial charge in [0.05, 0.1) is 6.16 Å². The third-order valence-electron chi connectivity index (χ3n) is 1.26. The molecule has 0 amide bonds. The van der Waals surface area contributed by atoms with Crippen LogP contribution in [0.3, 0.4) is 0 Å². The zero-order valence-electron chi connectivity index (χ0n) is 5.70. The molecule has 0 saturated heterocycles. The van der Waals surface area contributed by atoms with Gasteiger partial charge >= 0.3 is 0 Å². The maximum Gasteiger partial charge on any atom is 0.214 e. The number of halogens is 1. The van der Waals surface area contributed by atoms with Crippen LogP contribution >= 0.6 is 8.03 Å². The van der Waals surface area contributed by atoms with Crippen molar-refractivity contribution in [3.63, 3.8) is 0 Å². The second-order valence-electron chi connectivity index (χ2n) is 2.10. The van der Waals surface area contributed by atoms with Gasteiger partial charge in [-0.15, -0.1) is 0 Å². The molecule has 1 rings (SSSR count). The molecule has 1 aromatic carbocycles.